The largest absolute Gasteiger partial charge is 0.497 e. The van der Waals surface area contributed by atoms with E-state index in [-0.39, 0.29) is 18.0 Å². The first-order chi connectivity index (χ1) is 9.65. The van der Waals surface area contributed by atoms with Crippen LogP contribution in [0.4, 0.5) is 5.82 Å². The molecule has 0 saturated carbocycles. The van der Waals surface area contributed by atoms with Crippen LogP contribution in [0.3, 0.4) is 0 Å². The van der Waals surface area contributed by atoms with Crippen molar-refractivity contribution in [2.75, 3.05) is 19.5 Å². The van der Waals surface area contributed by atoms with Gasteiger partial charge in [-0.2, -0.15) is 0 Å². The molecule has 0 atom stereocenters. The van der Waals surface area contributed by atoms with Crippen molar-refractivity contribution in [3.63, 3.8) is 0 Å². The van der Waals surface area contributed by atoms with E-state index in [0.717, 1.165) is 11.0 Å². The highest BCUT2D eigenvalue weighted by Crippen LogP contribution is 2.26. The molecule has 7 heteroatoms. The second kappa shape index (κ2) is 4.44. The molecular weight excluding hydrogens is 260 g/mol. The molecule has 0 aliphatic rings. The van der Waals surface area contributed by atoms with E-state index in [9.17, 15) is 4.79 Å². The molecule has 3 rings (SSSR count). The number of aromatic nitrogens is 3. The fourth-order valence-corrected chi connectivity index (χ4v) is 2.16. The average molecular weight is 274 g/mol. The monoisotopic (exact) mass is 274 g/mol. The number of nitrogens with two attached hydrogens (primary N) is 1. The summed E-state index contributed by atoms with van der Waals surface area (Å²) in [6.07, 6.45) is 0. The number of anilines is 1. The number of carbonyl (C=O) groups excluding carboxylic acids is 1. The summed E-state index contributed by atoms with van der Waals surface area (Å²) in [6.45, 7) is 2.02. The molecule has 0 fully saturated rings. The third kappa shape index (κ3) is 1.67. The van der Waals surface area contributed by atoms with Gasteiger partial charge in [0.2, 0.25) is 0 Å². The van der Waals surface area contributed by atoms with E-state index in [1.54, 1.807) is 18.5 Å². The van der Waals surface area contributed by atoms with Gasteiger partial charge in [-0.15, -0.1) is 0 Å². The first kappa shape index (κ1) is 12.3. The summed E-state index contributed by atoms with van der Waals surface area (Å²) in [7, 11) is 1.59. The van der Waals surface area contributed by atoms with Gasteiger partial charge < -0.3 is 15.2 Å². The maximum Gasteiger partial charge on any atom is 0.345 e. The molecule has 20 heavy (non-hydrogen) atoms. The van der Waals surface area contributed by atoms with E-state index in [4.69, 9.17) is 15.2 Å². The summed E-state index contributed by atoms with van der Waals surface area (Å²) < 4.78 is 11.8. The smallest absolute Gasteiger partial charge is 0.345 e. The van der Waals surface area contributed by atoms with Crippen LogP contribution in [-0.2, 0) is 4.74 Å². The van der Waals surface area contributed by atoms with E-state index >= 15 is 0 Å². The summed E-state index contributed by atoms with van der Waals surface area (Å²) in [5.74, 6) is 0.444. The van der Waals surface area contributed by atoms with E-state index in [0.29, 0.717) is 11.4 Å². The number of hydrogen-bond acceptors (Lipinski definition) is 5. The van der Waals surface area contributed by atoms with Crippen LogP contribution in [0.5, 0.6) is 5.75 Å². The first-order valence-electron chi connectivity index (χ1n) is 6.16. The number of imidazole rings is 1. The molecule has 0 bridgehead atoms. The van der Waals surface area contributed by atoms with Gasteiger partial charge >= 0.3 is 5.97 Å². The average Bonchev–Trinajstić information content (AvgIpc) is 2.92. The van der Waals surface area contributed by atoms with Crippen LogP contribution in [-0.4, -0.2) is 34.3 Å². The van der Waals surface area contributed by atoms with Crippen molar-refractivity contribution in [3.05, 3.63) is 23.8 Å². The zero-order valence-corrected chi connectivity index (χ0v) is 11.1. The van der Waals surface area contributed by atoms with Crippen LogP contribution in [0.2, 0.25) is 0 Å². The Morgan fingerprint density at radius 2 is 2.30 bits per heavy atom. The lowest BCUT2D eigenvalue weighted by atomic mass is 10.3. The molecule has 0 aliphatic heterocycles. The molecular formula is C13H14N4O3. The summed E-state index contributed by atoms with van der Waals surface area (Å²) in [5.41, 5.74) is 8.06. The molecule has 0 saturated heterocycles. The summed E-state index contributed by atoms with van der Waals surface area (Å²) >= 11 is 0. The van der Waals surface area contributed by atoms with Crippen LogP contribution < -0.4 is 10.5 Å². The van der Waals surface area contributed by atoms with Crippen molar-refractivity contribution in [3.8, 4) is 5.75 Å². The molecule has 1 aromatic carbocycles. The highest BCUT2D eigenvalue weighted by molar-refractivity contribution is 6.02. The number of H-pyrrole nitrogens is 1. The number of aromatic amines is 1. The van der Waals surface area contributed by atoms with Gasteiger partial charge in [-0.05, 0) is 19.1 Å². The van der Waals surface area contributed by atoms with Crippen LogP contribution in [0.25, 0.3) is 16.7 Å². The van der Waals surface area contributed by atoms with Crippen molar-refractivity contribution in [1.82, 2.24) is 14.6 Å². The van der Waals surface area contributed by atoms with E-state index < -0.39 is 5.97 Å². The van der Waals surface area contributed by atoms with Gasteiger partial charge in [0.05, 0.1) is 24.8 Å². The third-order valence-electron chi connectivity index (χ3n) is 3.07. The predicted molar refractivity (Wildman–Crippen MR) is 74.0 cm³/mol. The standard InChI is InChI=1S/C13H14N4O3/c1-3-20-13(18)10-11(14)16-17-9-6-7(19-2)4-5-8(9)15-12(10)17/h4-6,16H,3,14H2,1-2H3. The molecule has 3 aromatic rings. The lowest BCUT2D eigenvalue weighted by Gasteiger charge is -1.99. The highest BCUT2D eigenvalue weighted by atomic mass is 16.5. The zero-order valence-electron chi connectivity index (χ0n) is 11.1. The van der Waals surface area contributed by atoms with Gasteiger partial charge in [-0.3, -0.25) is 5.10 Å². The number of hydrogen-bond donors (Lipinski definition) is 2. The topological polar surface area (TPSA) is 94.6 Å². The number of carbonyl (C=O) groups is 1. The van der Waals surface area contributed by atoms with Crippen molar-refractivity contribution in [2.45, 2.75) is 6.92 Å². The summed E-state index contributed by atoms with van der Waals surface area (Å²) in [6, 6.07) is 5.45. The van der Waals surface area contributed by atoms with Gasteiger partial charge in [-0.25, -0.2) is 14.3 Å². The Morgan fingerprint density at radius 3 is 3.00 bits per heavy atom. The number of nitrogens with one attached hydrogen (secondary N) is 1. The van der Waals surface area contributed by atoms with Gasteiger partial charge in [-0.1, -0.05) is 0 Å². The highest BCUT2D eigenvalue weighted by Gasteiger charge is 2.22. The molecule has 2 aromatic heterocycles. The van der Waals surface area contributed by atoms with Crippen molar-refractivity contribution in [2.24, 2.45) is 0 Å². The number of ether oxygens (including phenoxy) is 2. The maximum absolute atomic E-state index is 11.9. The van der Waals surface area contributed by atoms with Crippen molar-refractivity contribution >= 4 is 28.5 Å². The van der Waals surface area contributed by atoms with E-state index in [2.05, 4.69) is 10.1 Å². The Kier molecular flexibility index (Phi) is 2.74. The van der Waals surface area contributed by atoms with Gasteiger partial charge in [0.15, 0.2) is 5.65 Å². The first-order valence-corrected chi connectivity index (χ1v) is 6.16. The quantitative estimate of drug-likeness (QED) is 0.707. The van der Waals surface area contributed by atoms with Crippen LogP contribution >= 0.6 is 0 Å². The van der Waals surface area contributed by atoms with Gasteiger partial charge in [0.25, 0.3) is 0 Å². The number of rotatable bonds is 3. The SMILES string of the molecule is CCOC(=O)c1c(N)[nH]n2c1nc1ccc(OC)cc12. The minimum Gasteiger partial charge on any atom is -0.497 e. The summed E-state index contributed by atoms with van der Waals surface area (Å²) in [5, 5.41) is 2.92. The molecule has 0 spiro atoms. The second-order valence-electron chi connectivity index (χ2n) is 4.25. The molecule has 2 heterocycles. The lowest BCUT2D eigenvalue weighted by molar-refractivity contribution is 0.0529. The Balaban J connectivity index is 2.27. The molecule has 3 N–H and O–H groups in total. The number of nitrogen functional groups attached to an aromatic ring is 1. The van der Waals surface area contributed by atoms with Crippen LogP contribution in [0.15, 0.2) is 18.2 Å². The predicted octanol–water partition coefficient (Wildman–Crippen LogP) is 1.58. The lowest BCUT2D eigenvalue weighted by Crippen LogP contribution is -2.07. The number of esters is 1. The second-order valence-corrected chi connectivity index (χ2v) is 4.25. The van der Waals surface area contributed by atoms with Gasteiger partial charge in [0, 0.05) is 6.07 Å². The molecule has 0 aliphatic carbocycles. The van der Waals surface area contributed by atoms with E-state index in [1.807, 2.05) is 18.2 Å². The third-order valence-corrected chi connectivity index (χ3v) is 3.07. The Bertz CT molecular complexity index is 803. The van der Waals surface area contributed by atoms with Crippen LogP contribution in [0, 0.1) is 0 Å². The number of benzene rings is 1. The molecule has 0 unspecified atom stereocenters. The molecule has 0 amide bonds. The van der Waals surface area contributed by atoms with E-state index in [1.165, 1.54) is 0 Å². The number of fused-ring (bicyclic) bond motifs is 3. The number of nitrogens with zero attached hydrogens (tertiary/aromatic N) is 2. The maximum atomic E-state index is 11.9. The molecule has 104 valence electrons. The van der Waals surface area contributed by atoms with Crippen LogP contribution in [0.1, 0.15) is 17.3 Å². The Hall–Kier alpha value is -2.70. The summed E-state index contributed by atoms with van der Waals surface area (Å²) in [4.78, 5) is 16.4. The molecule has 0 radical (unpaired) electrons. The Morgan fingerprint density at radius 1 is 1.50 bits per heavy atom. The zero-order chi connectivity index (χ0) is 14.3. The normalized spacial score (nSPS) is 11.1. The number of methoxy groups -OCH3 is 1. The molecule has 7 nitrogen and oxygen atoms in total. The van der Waals surface area contributed by atoms with Gasteiger partial charge in [0.1, 0.15) is 17.1 Å². The minimum atomic E-state index is -0.487. The van der Waals surface area contributed by atoms with Crippen molar-refractivity contribution < 1.29 is 14.3 Å². The minimum absolute atomic E-state index is 0.232. The Labute approximate surface area is 114 Å². The fourth-order valence-electron chi connectivity index (χ4n) is 2.16. The van der Waals surface area contributed by atoms with Crippen molar-refractivity contribution in [1.29, 1.82) is 0 Å². The fraction of sp³-hybridized carbons (Fsp3) is 0.231.